The van der Waals surface area contributed by atoms with E-state index in [-0.39, 0.29) is 5.57 Å². The molecule has 0 aliphatic carbocycles. The smallest absolute Gasteiger partial charge is 0.378 e. The van der Waals surface area contributed by atoms with E-state index in [0.29, 0.717) is 6.42 Å². The maximum absolute atomic E-state index is 11.5. The van der Waals surface area contributed by atoms with Crippen molar-refractivity contribution in [1.29, 1.82) is 0 Å². The van der Waals surface area contributed by atoms with Crippen LogP contribution >= 0.6 is 0 Å². The van der Waals surface area contributed by atoms with Crippen LogP contribution in [0.2, 0.25) is 0 Å². The Bertz CT molecular complexity index is 410. The summed E-state index contributed by atoms with van der Waals surface area (Å²) in [5, 5.41) is 27.5. The second-order valence-electron chi connectivity index (χ2n) is 3.64. The highest BCUT2D eigenvalue weighted by Gasteiger charge is 2.41. The standard InChI is InChI=1S/C11H14O7/c1-3-5(2)10(15)18-9-7(14)11(16)17-8(9)6(13)4-12/h6,8,12-14H,2-4H2,1H3/t6-,8+/m0/s1. The zero-order valence-corrected chi connectivity index (χ0v) is 9.75. The van der Waals surface area contributed by atoms with E-state index in [2.05, 4.69) is 11.3 Å². The summed E-state index contributed by atoms with van der Waals surface area (Å²) in [5.74, 6) is -3.38. The van der Waals surface area contributed by atoms with E-state index in [1.807, 2.05) is 0 Å². The number of hydrogen-bond donors (Lipinski definition) is 3. The van der Waals surface area contributed by atoms with Crippen LogP contribution in [-0.4, -0.2) is 46.1 Å². The normalized spacial score (nSPS) is 20.6. The summed E-state index contributed by atoms with van der Waals surface area (Å²) in [4.78, 5) is 22.6. The van der Waals surface area contributed by atoms with Crippen molar-refractivity contribution in [2.75, 3.05) is 6.61 Å². The quantitative estimate of drug-likeness (QED) is 0.452. The Labute approximate surface area is 103 Å². The van der Waals surface area contributed by atoms with E-state index < -0.39 is 42.3 Å². The monoisotopic (exact) mass is 258 g/mol. The van der Waals surface area contributed by atoms with Crippen molar-refractivity contribution in [3.63, 3.8) is 0 Å². The van der Waals surface area contributed by atoms with Crippen LogP contribution in [0.3, 0.4) is 0 Å². The lowest BCUT2D eigenvalue weighted by molar-refractivity contribution is -0.150. The number of aliphatic hydroxyl groups is 3. The van der Waals surface area contributed by atoms with Gasteiger partial charge in [0.2, 0.25) is 11.5 Å². The SMILES string of the molecule is C=C(CC)C(=O)OC1=C(O)C(=O)O[C@@H]1[C@@H](O)CO. The van der Waals surface area contributed by atoms with E-state index in [0.717, 1.165) is 0 Å². The zero-order chi connectivity index (χ0) is 13.9. The molecule has 1 heterocycles. The van der Waals surface area contributed by atoms with E-state index in [1.165, 1.54) is 0 Å². The van der Waals surface area contributed by atoms with Gasteiger partial charge in [-0.25, -0.2) is 9.59 Å². The van der Waals surface area contributed by atoms with Crippen molar-refractivity contribution < 1.29 is 34.4 Å². The Hall–Kier alpha value is -1.86. The first kappa shape index (κ1) is 14.2. The van der Waals surface area contributed by atoms with Crippen molar-refractivity contribution >= 4 is 11.9 Å². The van der Waals surface area contributed by atoms with Crippen LogP contribution in [0.25, 0.3) is 0 Å². The molecule has 18 heavy (non-hydrogen) atoms. The fraction of sp³-hybridized carbons (Fsp3) is 0.455. The first-order valence-corrected chi connectivity index (χ1v) is 5.25. The van der Waals surface area contributed by atoms with Gasteiger partial charge in [-0.3, -0.25) is 0 Å². The molecule has 0 aromatic carbocycles. The Morgan fingerprint density at radius 1 is 1.61 bits per heavy atom. The van der Waals surface area contributed by atoms with Gasteiger partial charge in [-0.2, -0.15) is 0 Å². The zero-order valence-electron chi connectivity index (χ0n) is 9.75. The first-order valence-electron chi connectivity index (χ1n) is 5.25. The molecule has 0 amide bonds. The lowest BCUT2D eigenvalue weighted by Gasteiger charge is -2.17. The van der Waals surface area contributed by atoms with Gasteiger partial charge in [-0.15, -0.1) is 0 Å². The van der Waals surface area contributed by atoms with Crippen LogP contribution in [0, 0.1) is 0 Å². The van der Waals surface area contributed by atoms with Gasteiger partial charge in [-0.05, 0) is 6.42 Å². The number of esters is 2. The molecular weight excluding hydrogens is 244 g/mol. The lowest BCUT2D eigenvalue weighted by atomic mass is 10.2. The van der Waals surface area contributed by atoms with Gasteiger partial charge in [0.05, 0.1) is 6.61 Å². The minimum absolute atomic E-state index is 0.131. The number of cyclic esters (lactones) is 1. The molecule has 7 heteroatoms. The Morgan fingerprint density at radius 3 is 2.72 bits per heavy atom. The molecule has 0 spiro atoms. The van der Waals surface area contributed by atoms with Crippen molar-refractivity contribution in [3.8, 4) is 0 Å². The maximum atomic E-state index is 11.5. The van der Waals surface area contributed by atoms with Crippen LogP contribution in [0.15, 0.2) is 23.7 Å². The fourth-order valence-electron chi connectivity index (χ4n) is 1.23. The van der Waals surface area contributed by atoms with Crippen molar-refractivity contribution in [1.82, 2.24) is 0 Å². The molecule has 1 aliphatic heterocycles. The van der Waals surface area contributed by atoms with E-state index in [4.69, 9.17) is 9.84 Å². The Morgan fingerprint density at radius 2 is 2.22 bits per heavy atom. The summed E-state index contributed by atoms with van der Waals surface area (Å²) in [6.45, 7) is 4.39. The van der Waals surface area contributed by atoms with E-state index in [9.17, 15) is 19.8 Å². The molecule has 1 aliphatic rings. The number of rotatable bonds is 5. The van der Waals surface area contributed by atoms with Crippen LogP contribution in [0.1, 0.15) is 13.3 Å². The van der Waals surface area contributed by atoms with Gasteiger partial charge >= 0.3 is 11.9 Å². The molecule has 0 fully saturated rings. The topological polar surface area (TPSA) is 113 Å². The summed E-state index contributed by atoms with van der Waals surface area (Å²) in [6, 6.07) is 0. The molecule has 0 aromatic rings. The molecule has 0 unspecified atom stereocenters. The molecule has 3 N–H and O–H groups in total. The van der Waals surface area contributed by atoms with Gasteiger partial charge < -0.3 is 24.8 Å². The number of carbonyl (C=O) groups excluding carboxylic acids is 2. The van der Waals surface area contributed by atoms with Gasteiger partial charge in [0, 0.05) is 5.57 Å². The summed E-state index contributed by atoms with van der Waals surface area (Å²) in [6.07, 6.45) is -2.57. The van der Waals surface area contributed by atoms with Crippen molar-refractivity contribution in [2.45, 2.75) is 25.6 Å². The number of hydrogen-bond acceptors (Lipinski definition) is 7. The second-order valence-corrected chi connectivity index (χ2v) is 3.64. The minimum Gasteiger partial charge on any atom is -0.499 e. The molecule has 7 nitrogen and oxygen atoms in total. The summed E-state index contributed by atoms with van der Waals surface area (Å²) >= 11 is 0. The van der Waals surface area contributed by atoms with Gasteiger partial charge in [-0.1, -0.05) is 13.5 Å². The van der Waals surface area contributed by atoms with Crippen LogP contribution < -0.4 is 0 Å². The largest absolute Gasteiger partial charge is 0.499 e. The first-order chi connectivity index (χ1) is 8.42. The molecule has 0 saturated heterocycles. The highest BCUT2D eigenvalue weighted by molar-refractivity contribution is 5.92. The molecule has 0 saturated carbocycles. The van der Waals surface area contributed by atoms with Gasteiger partial charge in [0.15, 0.2) is 6.10 Å². The molecule has 0 bridgehead atoms. The predicted octanol–water partition coefficient (Wildman–Crippen LogP) is -0.456. The van der Waals surface area contributed by atoms with Gasteiger partial charge in [0.25, 0.3) is 0 Å². The highest BCUT2D eigenvalue weighted by atomic mass is 16.6. The number of carbonyl (C=O) groups is 2. The second kappa shape index (κ2) is 5.65. The summed E-state index contributed by atoms with van der Waals surface area (Å²) in [7, 11) is 0. The lowest BCUT2D eigenvalue weighted by Crippen LogP contribution is -2.33. The summed E-state index contributed by atoms with van der Waals surface area (Å²) in [5.41, 5.74) is 0.131. The average Bonchev–Trinajstić information content (AvgIpc) is 2.64. The Kier molecular flexibility index (Phi) is 4.46. The molecule has 100 valence electrons. The third-order valence-electron chi connectivity index (χ3n) is 2.37. The molecular formula is C11H14O7. The van der Waals surface area contributed by atoms with Crippen LogP contribution in [0.4, 0.5) is 0 Å². The van der Waals surface area contributed by atoms with Crippen LogP contribution in [0.5, 0.6) is 0 Å². The van der Waals surface area contributed by atoms with E-state index >= 15 is 0 Å². The third-order valence-corrected chi connectivity index (χ3v) is 2.37. The fourth-order valence-corrected chi connectivity index (χ4v) is 1.23. The molecule has 2 atom stereocenters. The highest BCUT2D eigenvalue weighted by Crippen LogP contribution is 2.25. The average molecular weight is 258 g/mol. The van der Waals surface area contributed by atoms with E-state index in [1.54, 1.807) is 6.92 Å². The Balaban J connectivity index is 2.91. The summed E-state index contributed by atoms with van der Waals surface area (Å²) < 4.78 is 9.33. The number of ether oxygens (including phenoxy) is 2. The molecule has 1 rings (SSSR count). The van der Waals surface area contributed by atoms with Crippen molar-refractivity contribution in [3.05, 3.63) is 23.7 Å². The number of aliphatic hydroxyl groups excluding tert-OH is 3. The minimum atomic E-state index is -1.49. The van der Waals surface area contributed by atoms with Crippen molar-refractivity contribution in [2.24, 2.45) is 0 Å². The van der Waals surface area contributed by atoms with Crippen LogP contribution in [-0.2, 0) is 19.1 Å². The third kappa shape index (κ3) is 2.69. The molecule has 0 aromatic heterocycles. The maximum Gasteiger partial charge on any atom is 0.378 e. The molecule has 0 radical (unpaired) electrons. The van der Waals surface area contributed by atoms with Gasteiger partial charge in [0.1, 0.15) is 6.10 Å². The predicted molar refractivity (Wildman–Crippen MR) is 58.2 cm³/mol.